The fourth-order valence-corrected chi connectivity index (χ4v) is 3.13. The van der Waals surface area contributed by atoms with Crippen molar-refractivity contribution in [2.24, 2.45) is 0 Å². The van der Waals surface area contributed by atoms with E-state index in [4.69, 9.17) is 0 Å². The highest BCUT2D eigenvalue weighted by atomic mass is 19.1. The molecule has 1 aromatic heterocycles. The van der Waals surface area contributed by atoms with Gasteiger partial charge in [0.1, 0.15) is 12.4 Å². The summed E-state index contributed by atoms with van der Waals surface area (Å²) in [6.45, 7) is 0.917. The molecule has 1 aliphatic heterocycles. The molecule has 2 nitrogen and oxygen atoms in total. The number of para-hydroxylation sites is 1. The van der Waals surface area contributed by atoms with Gasteiger partial charge in [-0.3, -0.25) is 0 Å². The van der Waals surface area contributed by atoms with Crippen molar-refractivity contribution < 1.29 is 9.71 Å². The molecule has 0 saturated carbocycles. The number of quaternary nitrogens is 1. The fraction of sp³-hybridized carbons (Fsp3) is 0.111. The number of aromatic nitrogens is 1. The molecule has 0 amide bonds. The van der Waals surface area contributed by atoms with Crippen LogP contribution in [0.1, 0.15) is 22.9 Å². The van der Waals surface area contributed by atoms with E-state index >= 15 is 0 Å². The van der Waals surface area contributed by atoms with Gasteiger partial charge in [-0.1, -0.05) is 18.2 Å². The second-order valence-corrected chi connectivity index (χ2v) is 5.40. The van der Waals surface area contributed by atoms with E-state index in [1.807, 2.05) is 12.1 Å². The summed E-state index contributed by atoms with van der Waals surface area (Å²) in [5.41, 5.74) is 4.91. The van der Waals surface area contributed by atoms with Gasteiger partial charge in [0.25, 0.3) is 0 Å². The lowest BCUT2D eigenvalue weighted by Gasteiger charge is -2.14. The van der Waals surface area contributed by atoms with Crippen LogP contribution >= 0.6 is 0 Å². The largest absolute Gasteiger partial charge is 0.331 e. The summed E-state index contributed by atoms with van der Waals surface area (Å²) in [6.07, 6.45) is 2.10. The number of fused-ring (bicyclic) bond motifs is 3. The van der Waals surface area contributed by atoms with Gasteiger partial charge in [0.05, 0.1) is 11.4 Å². The Morgan fingerprint density at radius 1 is 0.952 bits per heavy atom. The van der Waals surface area contributed by atoms with E-state index in [1.165, 1.54) is 29.1 Å². The maximum Gasteiger partial charge on any atom is 0.153 e. The van der Waals surface area contributed by atoms with Gasteiger partial charge in [-0.2, -0.15) is 0 Å². The maximum absolute atomic E-state index is 13.2. The van der Waals surface area contributed by atoms with Gasteiger partial charge in [-0.15, -0.1) is 0 Å². The molecule has 104 valence electrons. The van der Waals surface area contributed by atoms with Crippen LogP contribution in [0.15, 0.2) is 66.9 Å². The van der Waals surface area contributed by atoms with E-state index in [-0.39, 0.29) is 11.9 Å². The van der Waals surface area contributed by atoms with Crippen molar-refractivity contribution in [3.05, 3.63) is 89.5 Å². The maximum atomic E-state index is 13.2. The highest BCUT2D eigenvalue weighted by Crippen LogP contribution is 2.26. The van der Waals surface area contributed by atoms with Crippen molar-refractivity contribution in [2.75, 3.05) is 0 Å². The number of halogens is 1. The van der Waals surface area contributed by atoms with Crippen LogP contribution in [0.2, 0.25) is 0 Å². The van der Waals surface area contributed by atoms with E-state index in [9.17, 15) is 4.39 Å². The number of hydrogen-bond donors (Lipinski definition) is 1. The third-order valence-corrected chi connectivity index (χ3v) is 4.15. The first kappa shape index (κ1) is 12.4. The zero-order chi connectivity index (χ0) is 14.2. The third kappa shape index (κ3) is 2.06. The highest BCUT2D eigenvalue weighted by molar-refractivity contribution is 5.45. The summed E-state index contributed by atoms with van der Waals surface area (Å²) in [5, 5.41) is 2.31. The van der Waals surface area contributed by atoms with E-state index < -0.39 is 0 Å². The van der Waals surface area contributed by atoms with Crippen molar-refractivity contribution >= 4 is 0 Å². The minimum absolute atomic E-state index is 0.188. The monoisotopic (exact) mass is 279 g/mol. The molecule has 2 aromatic carbocycles. The number of rotatable bonds is 1. The molecule has 1 aliphatic rings. The van der Waals surface area contributed by atoms with Gasteiger partial charge in [0.2, 0.25) is 0 Å². The van der Waals surface area contributed by atoms with Gasteiger partial charge in [-0.05, 0) is 42.5 Å². The molecule has 21 heavy (non-hydrogen) atoms. The summed E-state index contributed by atoms with van der Waals surface area (Å²) in [4.78, 5) is 0. The number of benzene rings is 2. The molecule has 3 heteroatoms. The minimum atomic E-state index is -0.189. The number of nitrogens with zero attached hydrogens (tertiary/aromatic N) is 1. The number of hydrogen-bond acceptors (Lipinski definition) is 0. The van der Waals surface area contributed by atoms with Crippen LogP contribution in [0.25, 0.3) is 5.69 Å². The van der Waals surface area contributed by atoms with Crippen molar-refractivity contribution in [3.8, 4) is 5.69 Å². The zero-order valence-electron chi connectivity index (χ0n) is 11.5. The normalized spacial score (nSPS) is 16.9. The van der Waals surface area contributed by atoms with Gasteiger partial charge in [0, 0.05) is 17.3 Å². The predicted molar refractivity (Wildman–Crippen MR) is 79.6 cm³/mol. The topological polar surface area (TPSA) is 21.5 Å². The second-order valence-electron chi connectivity index (χ2n) is 5.40. The van der Waals surface area contributed by atoms with E-state index in [0.717, 1.165) is 12.1 Å². The van der Waals surface area contributed by atoms with E-state index in [1.54, 1.807) is 0 Å². The summed E-state index contributed by atoms with van der Waals surface area (Å²) in [7, 11) is 0. The average molecular weight is 279 g/mol. The van der Waals surface area contributed by atoms with Gasteiger partial charge in [0.15, 0.2) is 6.04 Å². The Labute approximate surface area is 122 Å². The Kier molecular flexibility index (Phi) is 2.86. The van der Waals surface area contributed by atoms with Crippen LogP contribution in [-0.4, -0.2) is 4.57 Å². The average Bonchev–Trinajstić information content (AvgIpc) is 2.93. The Morgan fingerprint density at radius 2 is 1.76 bits per heavy atom. The lowest BCUT2D eigenvalue weighted by atomic mass is 10.0. The molecule has 1 atom stereocenters. The van der Waals surface area contributed by atoms with Gasteiger partial charge >= 0.3 is 0 Å². The van der Waals surface area contributed by atoms with Gasteiger partial charge < -0.3 is 9.88 Å². The molecule has 0 aliphatic carbocycles. The SMILES string of the molecule is Fc1ccc([C@@H]2[NH2+]Cc3ccccc3-n3cccc32)cc1. The third-order valence-electron chi connectivity index (χ3n) is 4.15. The smallest absolute Gasteiger partial charge is 0.153 e. The fourth-order valence-electron chi connectivity index (χ4n) is 3.13. The summed E-state index contributed by atoms with van der Waals surface area (Å²) in [6, 6.07) is 19.7. The molecular weight excluding hydrogens is 263 g/mol. The van der Waals surface area contributed by atoms with Crippen LogP contribution in [-0.2, 0) is 6.54 Å². The predicted octanol–water partition coefficient (Wildman–Crippen LogP) is 2.78. The Hall–Kier alpha value is -2.39. The lowest BCUT2D eigenvalue weighted by molar-refractivity contribution is -0.702. The van der Waals surface area contributed by atoms with Crippen LogP contribution in [0.4, 0.5) is 4.39 Å². The van der Waals surface area contributed by atoms with Gasteiger partial charge in [-0.25, -0.2) is 4.39 Å². The molecule has 0 unspecified atom stereocenters. The zero-order valence-corrected chi connectivity index (χ0v) is 11.5. The lowest BCUT2D eigenvalue weighted by Crippen LogP contribution is -2.83. The standard InChI is InChI=1S/C18H15FN2/c19-15-9-7-13(8-10-15)18-17-6-3-11-21(17)16-5-2-1-4-14(16)12-20-18/h1-11,18,20H,12H2/p+1/t18-/m0/s1. The van der Waals surface area contributed by atoms with Crippen LogP contribution in [0.3, 0.4) is 0 Å². The first-order valence-electron chi connectivity index (χ1n) is 7.17. The quantitative estimate of drug-likeness (QED) is 0.707. The Bertz CT molecular complexity index is 774. The summed E-state index contributed by atoms with van der Waals surface area (Å²) < 4.78 is 15.4. The Morgan fingerprint density at radius 3 is 2.62 bits per heavy atom. The first-order valence-corrected chi connectivity index (χ1v) is 7.17. The minimum Gasteiger partial charge on any atom is -0.331 e. The Balaban J connectivity index is 1.85. The second kappa shape index (κ2) is 4.86. The molecular formula is C18H16FN2+. The molecule has 4 rings (SSSR count). The van der Waals surface area contributed by atoms with E-state index in [0.29, 0.717) is 0 Å². The van der Waals surface area contributed by atoms with Crippen LogP contribution in [0, 0.1) is 5.82 Å². The molecule has 2 heterocycles. The van der Waals surface area contributed by atoms with E-state index in [2.05, 4.69) is 52.5 Å². The summed E-state index contributed by atoms with van der Waals surface area (Å²) in [5.74, 6) is -0.189. The van der Waals surface area contributed by atoms with Crippen molar-refractivity contribution in [2.45, 2.75) is 12.6 Å². The van der Waals surface area contributed by atoms with Crippen molar-refractivity contribution in [3.63, 3.8) is 0 Å². The van der Waals surface area contributed by atoms with Crippen LogP contribution in [0.5, 0.6) is 0 Å². The summed E-state index contributed by atoms with van der Waals surface area (Å²) >= 11 is 0. The first-order chi connectivity index (χ1) is 10.3. The molecule has 0 fully saturated rings. The molecule has 0 radical (unpaired) electrons. The molecule has 0 bridgehead atoms. The highest BCUT2D eigenvalue weighted by Gasteiger charge is 2.25. The molecule has 0 spiro atoms. The van der Waals surface area contributed by atoms with Crippen molar-refractivity contribution in [1.82, 2.24) is 4.57 Å². The molecule has 0 saturated heterocycles. The van der Waals surface area contributed by atoms with Crippen molar-refractivity contribution in [1.29, 1.82) is 0 Å². The molecule has 3 aromatic rings. The van der Waals surface area contributed by atoms with Crippen LogP contribution < -0.4 is 5.32 Å². The molecule has 2 N–H and O–H groups in total. The number of nitrogens with two attached hydrogens (primary N) is 1.